The fourth-order valence-electron chi connectivity index (χ4n) is 12.1. The highest BCUT2D eigenvalue weighted by Crippen LogP contribution is 2.54. The fraction of sp³-hybridized carbons (Fsp3) is 0.458. The van der Waals surface area contributed by atoms with E-state index in [0.717, 1.165) is 0 Å². The Balaban J connectivity index is 1.35. The maximum absolute atomic E-state index is 2.77. The smallest absolute Gasteiger partial charge is 0.264 e. The molecule has 5 heteroatoms. The number of anilines is 6. The molecule has 0 radical (unpaired) electrons. The molecule has 0 amide bonds. The Labute approximate surface area is 392 Å². The predicted molar refractivity (Wildman–Crippen MR) is 287 cm³/mol. The van der Waals surface area contributed by atoms with Gasteiger partial charge in [-0.3, -0.25) is 0 Å². The van der Waals surface area contributed by atoms with Crippen LogP contribution in [0.5, 0.6) is 0 Å². The monoisotopic (exact) mass is 881 g/mol. The van der Waals surface area contributed by atoms with Crippen molar-refractivity contribution < 1.29 is 0 Å². The van der Waals surface area contributed by atoms with Gasteiger partial charge in [-0.05, 0) is 169 Å². The number of thiophene rings is 1. The third-order valence-electron chi connectivity index (χ3n) is 16.5. The maximum atomic E-state index is 2.77. The molecule has 0 saturated heterocycles. The molecule has 2 aliphatic carbocycles. The zero-order chi connectivity index (χ0) is 46.0. The second kappa shape index (κ2) is 14.0. The van der Waals surface area contributed by atoms with Crippen LogP contribution >= 0.6 is 11.3 Å². The van der Waals surface area contributed by atoms with E-state index in [9.17, 15) is 0 Å². The average Bonchev–Trinajstić information content (AvgIpc) is 3.58. The molecule has 0 fully saturated rings. The Morgan fingerprint density at radius 1 is 0.547 bits per heavy atom. The highest BCUT2D eigenvalue weighted by atomic mass is 32.1. The molecule has 0 atom stereocenters. The summed E-state index contributed by atoms with van der Waals surface area (Å²) in [6, 6.07) is 33.0. The van der Waals surface area contributed by atoms with Gasteiger partial charge in [0.1, 0.15) is 0 Å². The van der Waals surface area contributed by atoms with Crippen LogP contribution in [-0.4, -0.2) is 15.5 Å². The molecule has 0 bridgehead atoms. The quantitative estimate of drug-likeness (QED) is 0.163. The van der Waals surface area contributed by atoms with E-state index in [1.807, 2.05) is 11.3 Å². The predicted octanol–water partition coefficient (Wildman–Crippen LogP) is 14.3. The second-order valence-electron chi connectivity index (χ2n) is 25.5. The molecule has 0 saturated carbocycles. The Hall–Kier alpha value is -4.06. The van der Waals surface area contributed by atoms with Gasteiger partial charge in [-0.1, -0.05) is 140 Å². The summed E-state index contributed by atoms with van der Waals surface area (Å²) < 4.78 is 2.86. The van der Waals surface area contributed by atoms with Gasteiger partial charge >= 0.3 is 0 Å². The average molecular weight is 881 g/mol. The van der Waals surface area contributed by atoms with Gasteiger partial charge in [-0.2, -0.15) is 0 Å². The first-order valence-corrected chi connectivity index (χ1v) is 28.2. The van der Waals surface area contributed by atoms with Crippen molar-refractivity contribution in [2.75, 3.05) is 9.80 Å². The first-order chi connectivity index (χ1) is 29.7. The minimum atomic E-state index is -1.32. The van der Waals surface area contributed by atoms with E-state index in [1.165, 1.54) is 119 Å². The normalized spacial score (nSPS) is 19.0. The van der Waals surface area contributed by atoms with Crippen molar-refractivity contribution in [3.8, 4) is 0 Å². The summed E-state index contributed by atoms with van der Waals surface area (Å²) in [5.74, 6) is 0. The van der Waals surface area contributed by atoms with Gasteiger partial charge in [-0.15, -0.1) is 11.3 Å². The third kappa shape index (κ3) is 6.58. The minimum Gasteiger partial charge on any atom is -0.311 e. The Kier molecular flexibility index (Phi) is 9.58. The molecule has 2 nitrogen and oxygen atoms in total. The molecular weight excluding hydrogens is 808 g/mol. The Morgan fingerprint density at radius 2 is 1.08 bits per heavy atom. The summed E-state index contributed by atoms with van der Waals surface area (Å²) in [4.78, 5) is 5.49. The highest BCUT2D eigenvalue weighted by Gasteiger charge is 2.49. The summed E-state index contributed by atoms with van der Waals surface area (Å²) in [5, 5.41) is 2.93. The molecule has 6 aromatic rings. The van der Waals surface area contributed by atoms with E-state index in [0.29, 0.717) is 0 Å². The van der Waals surface area contributed by atoms with E-state index in [-0.39, 0.29) is 39.2 Å². The SMILES string of the molecule is Cc1cc2c3c(c1)N(c1ccc(C(C)(C)C)cc1[SiH](C)C)c1c(sc4ccc(C(C)(C)C)cc14)B3c1cc3c(cc1N2c1ccc2c(c1)C(C)(C)CCC2(C)C)C(C)(C)CCC3(C)C. The molecule has 5 aromatic carbocycles. The Bertz CT molecular complexity index is 2930. The highest BCUT2D eigenvalue weighted by molar-refractivity contribution is 7.33. The summed E-state index contributed by atoms with van der Waals surface area (Å²) in [5.41, 5.74) is 21.7. The van der Waals surface area contributed by atoms with Gasteiger partial charge < -0.3 is 9.80 Å². The van der Waals surface area contributed by atoms with Gasteiger partial charge in [0.25, 0.3) is 6.71 Å². The van der Waals surface area contributed by atoms with Crippen LogP contribution in [0.3, 0.4) is 0 Å². The van der Waals surface area contributed by atoms with Crippen molar-refractivity contribution in [2.24, 2.45) is 0 Å². The lowest BCUT2D eigenvalue weighted by atomic mass is 9.35. The van der Waals surface area contributed by atoms with Crippen molar-refractivity contribution >= 4 is 91.9 Å². The minimum absolute atomic E-state index is 0.0303. The lowest BCUT2D eigenvalue weighted by Crippen LogP contribution is -2.61. The Morgan fingerprint density at radius 3 is 1.67 bits per heavy atom. The molecule has 10 rings (SSSR count). The third-order valence-corrected chi connectivity index (χ3v) is 19.4. The second-order valence-corrected chi connectivity index (χ2v) is 29.5. The van der Waals surface area contributed by atoms with Crippen LogP contribution in [0.2, 0.25) is 13.1 Å². The summed E-state index contributed by atoms with van der Waals surface area (Å²) in [6.07, 6.45) is 4.80. The van der Waals surface area contributed by atoms with Crippen LogP contribution in [0, 0.1) is 6.92 Å². The van der Waals surface area contributed by atoms with Crippen molar-refractivity contribution in [1.82, 2.24) is 0 Å². The van der Waals surface area contributed by atoms with Crippen molar-refractivity contribution in [3.63, 3.8) is 0 Å². The molecule has 0 N–H and O–H groups in total. The van der Waals surface area contributed by atoms with Crippen LogP contribution in [-0.2, 0) is 32.5 Å². The largest absolute Gasteiger partial charge is 0.311 e. The van der Waals surface area contributed by atoms with E-state index in [4.69, 9.17) is 0 Å². The molecule has 332 valence electrons. The lowest BCUT2D eigenvalue weighted by Gasteiger charge is -2.47. The summed E-state index contributed by atoms with van der Waals surface area (Å²) >= 11 is 2.05. The number of fused-ring (bicyclic) bond motifs is 8. The summed E-state index contributed by atoms with van der Waals surface area (Å²) in [6.45, 7) is 41.6. The van der Waals surface area contributed by atoms with E-state index < -0.39 is 8.80 Å². The summed E-state index contributed by atoms with van der Waals surface area (Å²) in [7, 11) is -1.32. The van der Waals surface area contributed by atoms with Crippen LogP contribution in [0.25, 0.3) is 10.1 Å². The number of nitrogens with zero attached hydrogens (tertiary/aromatic N) is 2. The van der Waals surface area contributed by atoms with Crippen molar-refractivity contribution in [1.29, 1.82) is 0 Å². The molecule has 0 spiro atoms. The molecule has 4 aliphatic rings. The van der Waals surface area contributed by atoms with E-state index in [2.05, 4.69) is 206 Å². The molecule has 1 aromatic heterocycles. The van der Waals surface area contributed by atoms with Gasteiger partial charge in [0.05, 0.1) is 14.5 Å². The van der Waals surface area contributed by atoms with Gasteiger partial charge in [-0.25, -0.2) is 0 Å². The van der Waals surface area contributed by atoms with Crippen LogP contribution < -0.4 is 30.7 Å². The van der Waals surface area contributed by atoms with E-state index in [1.54, 1.807) is 10.8 Å². The molecule has 3 heterocycles. The standard InChI is InChI=1S/C59H73BN2SSi/c1-35-28-47-51-48(29-35)62(45-22-18-37(55(5,6)7)31-50(45)64(16)17)52-39-30-36(54(2,3)4)19-23-49(39)63-53(52)60(51)44-33-42-43(59(14,15)27-26-58(42,12)13)34-46(44)61(47)38-20-21-40-41(32-38)57(10,11)25-24-56(40,8)9/h18-23,28-34,64H,24-27H2,1-17H3. The number of hydrogen-bond acceptors (Lipinski definition) is 3. The maximum Gasteiger partial charge on any atom is 0.264 e. The number of benzene rings is 5. The number of hydrogen-bond donors (Lipinski definition) is 0. The van der Waals surface area contributed by atoms with Crippen LogP contribution in [0.15, 0.2) is 78.9 Å². The topological polar surface area (TPSA) is 6.48 Å². The van der Waals surface area contributed by atoms with Crippen LogP contribution in [0.1, 0.15) is 162 Å². The van der Waals surface area contributed by atoms with Crippen molar-refractivity contribution in [3.05, 3.63) is 118 Å². The number of aryl methyl sites for hydroxylation is 1. The molecule has 0 unspecified atom stereocenters. The van der Waals surface area contributed by atoms with Gasteiger partial charge in [0.2, 0.25) is 0 Å². The molecular formula is C59H73BN2SSi. The van der Waals surface area contributed by atoms with Crippen molar-refractivity contribution in [2.45, 2.75) is 175 Å². The lowest BCUT2D eigenvalue weighted by molar-refractivity contribution is 0.332. The number of rotatable bonds is 3. The molecule has 2 aliphatic heterocycles. The zero-order valence-corrected chi connectivity index (χ0v) is 44.3. The first-order valence-electron chi connectivity index (χ1n) is 24.5. The zero-order valence-electron chi connectivity index (χ0n) is 42.3. The van der Waals surface area contributed by atoms with Crippen LogP contribution in [0.4, 0.5) is 34.1 Å². The molecule has 64 heavy (non-hydrogen) atoms. The van der Waals surface area contributed by atoms with Gasteiger partial charge in [0, 0.05) is 43.3 Å². The first kappa shape index (κ1) is 43.8. The van der Waals surface area contributed by atoms with Gasteiger partial charge in [0.15, 0.2) is 0 Å². The fourth-order valence-corrected chi connectivity index (χ4v) is 14.7. The van der Waals surface area contributed by atoms with E-state index >= 15 is 0 Å².